The molecular formula is C26H25F3N4O5S. The molecule has 0 spiro atoms. The van der Waals surface area contributed by atoms with E-state index in [0.29, 0.717) is 17.7 Å². The van der Waals surface area contributed by atoms with Crippen LogP contribution in [0, 0.1) is 23.4 Å². The van der Waals surface area contributed by atoms with Crippen molar-refractivity contribution >= 4 is 21.4 Å². The lowest BCUT2D eigenvalue weighted by Gasteiger charge is -2.38. The summed E-state index contributed by atoms with van der Waals surface area (Å²) in [4.78, 5) is 20.4. The summed E-state index contributed by atoms with van der Waals surface area (Å²) >= 11 is 0. The fourth-order valence-electron chi connectivity index (χ4n) is 4.68. The molecule has 1 aliphatic heterocycles. The van der Waals surface area contributed by atoms with Crippen LogP contribution in [0.3, 0.4) is 0 Å². The lowest BCUT2D eigenvalue weighted by atomic mass is 9.90. The molecule has 1 amide bonds. The van der Waals surface area contributed by atoms with Crippen molar-refractivity contribution in [1.29, 1.82) is 0 Å². The topological polar surface area (TPSA) is 144 Å². The summed E-state index contributed by atoms with van der Waals surface area (Å²) < 4.78 is 73.6. The highest BCUT2D eigenvalue weighted by atomic mass is 32.2. The first kappa shape index (κ1) is 27.2. The highest BCUT2D eigenvalue weighted by Gasteiger charge is 2.45. The Hall–Kier alpha value is -3.39. The van der Waals surface area contributed by atoms with E-state index in [1.165, 1.54) is 12.4 Å². The van der Waals surface area contributed by atoms with Crippen LogP contribution in [0.25, 0.3) is 11.3 Å². The molecule has 3 heterocycles. The summed E-state index contributed by atoms with van der Waals surface area (Å²) in [6.45, 7) is 0. The Morgan fingerprint density at radius 2 is 1.82 bits per heavy atom. The van der Waals surface area contributed by atoms with E-state index in [2.05, 4.69) is 15.3 Å². The smallest absolute Gasteiger partial charge is 0.274 e. The van der Waals surface area contributed by atoms with Crippen molar-refractivity contribution in [1.82, 2.24) is 9.97 Å². The number of aliphatic hydroxyl groups is 1. The van der Waals surface area contributed by atoms with Crippen LogP contribution < -0.4 is 11.1 Å². The number of benzene rings is 1. The van der Waals surface area contributed by atoms with Crippen molar-refractivity contribution in [2.24, 2.45) is 11.7 Å². The van der Waals surface area contributed by atoms with Crippen molar-refractivity contribution in [3.8, 4) is 11.3 Å². The Kier molecular flexibility index (Phi) is 7.18. The highest BCUT2D eigenvalue weighted by molar-refractivity contribution is 7.90. The Morgan fingerprint density at radius 3 is 2.46 bits per heavy atom. The molecule has 2 aromatic heterocycles. The second-order valence-corrected chi connectivity index (χ2v) is 11.8. The number of ether oxygens (including phenoxy) is 1. The second kappa shape index (κ2) is 10.3. The molecule has 5 rings (SSSR count). The van der Waals surface area contributed by atoms with E-state index in [4.69, 9.17) is 10.5 Å². The lowest BCUT2D eigenvalue weighted by Crippen LogP contribution is -2.50. The first-order valence-electron chi connectivity index (χ1n) is 12.1. The number of hydrogen-bond acceptors (Lipinski definition) is 8. The maximum Gasteiger partial charge on any atom is 0.274 e. The summed E-state index contributed by atoms with van der Waals surface area (Å²) in [5.41, 5.74) is 4.92. The molecule has 4 atom stereocenters. The van der Waals surface area contributed by atoms with Gasteiger partial charge < -0.3 is 20.9 Å². The van der Waals surface area contributed by atoms with Crippen LogP contribution in [0.5, 0.6) is 0 Å². The van der Waals surface area contributed by atoms with Crippen LogP contribution in [-0.2, 0) is 14.6 Å². The van der Waals surface area contributed by atoms with Gasteiger partial charge in [0.15, 0.2) is 9.84 Å². The van der Waals surface area contributed by atoms with Gasteiger partial charge in [-0.3, -0.25) is 9.78 Å². The molecule has 0 unspecified atom stereocenters. The fourth-order valence-corrected chi connectivity index (χ4v) is 5.32. The predicted molar refractivity (Wildman–Crippen MR) is 134 cm³/mol. The molecule has 39 heavy (non-hydrogen) atoms. The zero-order valence-electron chi connectivity index (χ0n) is 20.6. The van der Waals surface area contributed by atoms with Crippen molar-refractivity contribution in [2.45, 2.75) is 48.5 Å². The van der Waals surface area contributed by atoms with Gasteiger partial charge in [0.25, 0.3) is 5.91 Å². The molecule has 1 saturated heterocycles. The molecule has 1 aliphatic carbocycles. The summed E-state index contributed by atoms with van der Waals surface area (Å²) in [6.07, 6.45) is 4.04. The van der Waals surface area contributed by atoms with E-state index in [9.17, 15) is 31.5 Å². The fraction of sp³-hybridized carbons (Fsp3) is 0.346. The third-order valence-electron chi connectivity index (χ3n) is 6.88. The lowest BCUT2D eigenvalue weighted by molar-refractivity contribution is -0.136. The molecular weight excluding hydrogens is 537 g/mol. The maximum absolute atomic E-state index is 14.7. The number of rotatable bonds is 6. The van der Waals surface area contributed by atoms with Gasteiger partial charge in [-0.15, -0.1) is 0 Å². The molecule has 2 fully saturated rings. The third kappa shape index (κ3) is 5.53. The number of hydrogen-bond donors (Lipinski definition) is 3. The van der Waals surface area contributed by atoms with Gasteiger partial charge in [-0.05, 0) is 55.5 Å². The molecule has 2 aliphatic rings. The van der Waals surface area contributed by atoms with Gasteiger partial charge in [-0.25, -0.2) is 26.6 Å². The van der Waals surface area contributed by atoms with Crippen molar-refractivity contribution in [3.05, 3.63) is 71.4 Å². The van der Waals surface area contributed by atoms with E-state index in [0.717, 1.165) is 31.2 Å². The van der Waals surface area contributed by atoms with Gasteiger partial charge in [0.05, 0.1) is 40.7 Å². The van der Waals surface area contributed by atoms with Gasteiger partial charge in [0, 0.05) is 24.1 Å². The number of pyridine rings is 2. The third-order valence-corrected chi connectivity index (χ3v) is 7.97. The average molecular weight is 563 g/mol. The number of aromatic nitrogens is 2. The molecule has 13 heteroatoms. The van der Waals surface area contributed by atoms with Crippen molar-refractivity contribution in [2.75, 3.05) is 11.6 Å². The van der Waals surface area contributed by atoms with Crippen LogP contribution in [0.2, 0.25) is 0 Å². The predicted octanol–water partition coefficient (Wildman–Crippen LogP) is 3.14. The van der Waals surface area contributed by atoms with Crippen molar-refractivity contribution < 1.29 is 36.2 Å². The van der Waals surface area contributed by atoms with Crippen LogP contribution in [-0.4, -0.2) is 53.9 Å². The quantitative estimate of drug-likeness (QED) is 0.416. The first-order valence-corrected chi connectivity index (χ1v) is 14.0. The summed E-state index contributed by atoms with van der Waals surface area (Å²) in [5, 5.41) is 13.1. The number of anilines is 1. The zero-order valence-corrected chi connectivity index (χ0v) is 21.5. The number of carbonyl (C=O) groups is 1. The maximum atomic E-state index is 14.7. The molecule has 4 N–H and O–H groups in total. The molecule has 1 saturated carbocycles. The van der Waals surface area contributed by atoms with E-state index >= 15 is 0 Å². The van der Waals surface area contributed by atoms with E-state index in [-0.39, 0.29) is 23.7 Å². The zero-order chi connectivity index (χ0) is 28.1. The number of carbonyl (C=O) groups excluding carboxylic acids is 1. The summed E-state index contributed by atoms with van der Waals surface area (Å²) in [7, 11) is -3.93. The Morgan fingerprint density at radius 1 is 1.13 bits per heavy atom. The molecule has 9 nitrogen and oxygen atoms in total. The van der Waals surface area contributed by atoms with E-state index < -0.39 is 73.7 Å². The number of amides is 1. The number of nitrogens with zero attached hydrogens (tertiary/aromatic N) is 2. The number of nitrogens with one attached hydrogen (secondary N) is 1. The number of sulfone groups is 1. The van der Waals surface area contributed by atoms with Gasteiger partial charge in [0.1, 0.15) is 28.8 Å². The SMILES string of the molecule is CS(=O)(=O)c1cc(F)c(-c2nc(C(=O)Nc3cnccc3[C@@H]3C[C@H](N)[C@@H](O)[C@H](C4CC4)O3)ccc2F)c(F)c1. The molecule has 3 aromatic rings. The second-order valence-electron chi connectivity index (χ2n) is 9.79. The number of halogens is 3. The van der Waals surface area contributed by atoms with E-state index in [1.54, 1.807) is 6.07 Å². The van der Waals surface area contributed by atoms with Crippen LogP contribution in [0.4, 0.5) is 18.9 Å². The standard InChI is InChI=1S/C26H25F3N4O5S/c1-39(36,37)13-8-16(28)22(17(29)9-13)23-15(27)4-5-19(32-23)26(35)33-20-11-31-7-6-14(20)21-10-18(30)24(34)25(38-21)12-2-3-12/h4-9,11-12,18,21,24-25,34H,2-3,10,30H2,1H3,(H,33,35)/t18-,21-,24+,25-/m0/s1. The van der Waals surface area contributed by atoms with Gasteiger partial charge in [-0.1, -0.05) is 0 Å². The Labute approximate surface area is 222 Å². The van der Waals surface area contributed by atoms with E-state index in [1.807, 2.05) is 0 Å². The summed E-state index contributed by atoms with van der Waals surface area (Å²) in [6, 6.07) is 4.10. The Bertz CT molecular complexity index is 1530. The normalized spacial score (nSPS) is 23.4. The number of nitrogens with two attached hydrogens (primary N) is 1. The average Bonchev–Trinajstić information content (AvgIpc) is 3.71. The van der Waals surface area contributed by atoms with Gasteiger partial charge in [0.2, 0.25) is 0 Å². The van der Waals surface area contributed by atoms with Crippen LogP contribution in [0.1, 0.15) is 41.4 Å². The first-order chi connectivity index (χ1) is 18.4. The van der Waals surface area contributed by atoms with Gasteiger partial charge >= 0.3 is 0 Å². The van der Waals surface area contributed by atoms with Crippen molar-refractivity contribution in [3.63, 3.8) is 0 Å². The monoisotopic (exact) mass is 562 g/mol. The highest BCUT2D eigenvalue weighted by Crippen LogP contribution is 2.43. The molecule has 1 aromatic carbocycles. The number of aliphatic hydroxyl groups excluding tert-OH is 1. The minimum atomic E-state index is -3.93. The Balaban J connectivity index is 1.43. The van der Waals surface area contributed by atoms with Gasteiger partial charge in [-0.2, -0.15) is 0 Å². The van der Waals surface area contributed by atoms with Crippen LogP contribution in [0.15, 0.2) is 47.6 Å². The molecule has 206 valence electrons. The minimum Gasteiger partial charge on any atom is -0.389 e. The molecule has 0 radical (unpaired) electrons. The summed E-state index contributed by atoms with van der Waals surface area (Å²) in [5.74, 6) is -4.44. The largest absolute Gasteiger partial charge is 0.389 e. The van der Waals surface area contributed by atoms with Crippen LogP contribution >= 0.6 is 0 Å². The minimum absolute atomic E-state index is 0.211. The molecule has 0 bridgehead atoms.